The number of hydrogen-bond donors (Lipinski definition) is 3. The number of carbonyl (C=O) groups excluding carboxylic acids is 3. The maximum Gasteiger partial charge on any atom is 0.253 e. The molecule has 3 atom stereocenters. The van der Waals surface area contributed by atoms with Crippen molar-refractivity contribution in [2.75, 3.05) is 6.54 Å². The van der Waals surface area contributed by atoms with Gasteiger partial charge in [0.15, 0.2) is 12.2 Å². The number of hydrogen-bond acceptors (Lipinski definition) is 4. The molecule has 1 aliphatic heterocycles. The van der Waals surface area contributed by atoms with E-state index in [1.165, 1.54) is 0 Å². The molecule has 0 saturated carbocycles. The van der Waals surface area contributed by atoms with Crippen LogP contribution in [0.3, 0.4) is 0 Å². The Morgan fingerprint density at radius 3 is 2.41 bits per heavy atom. The average Bonchev–Trinajstić information content (AvgIpc) is 3.53. The number of nitrogens with one attached hydrogen (secondary N) is 3. The summed E-state index contributed by atoms with van der Waals surface area (Å²) in [7, 11) is 0. The van der Waals surface area contributed by atoms with E-state index in [9.17, 15) is 14.4 Å². The Kier molecular flexibility index (Phi) is 6.82. The summed E-state index contributed by atoms with van der Waals surface area (Å²) in [5.41, 5.74) is 0.987. The molecule has 0 aliphatic carbocycles. The van der Waals surface area contributed by atoms with Gasteiger partial charge in [0.05, 0.1) is 0 Å². The van der Waals surface area contributed by atoms with Gasteiger partial charge in [0.1, 0.15) is 6.04 Å². The molecule has 3 rings (SSSR count). The van der Waals surface area contributed by atoms with Gasteiger partial charge in [0.25, 0.3) is 11.8 Å². The van der Waals surface area contributed by atoms with Crippen LogP contribution in [0.15, 0.2) is 42.5 Å². The predicted octanol–water partition coefficient (Wildman–Crippen LogP) is 1.64. The largest absolute Gasteiger partial charge is 0.354 e. The van der Waals surface area contributed by atoms with E-state index in [1.807, 2.05) is 49.4 Å². The molecule has 1 saturated heterocycles. The third kappa shape index (κ3) is 5.32. The van der Waals surface area contributed by atoms with E-state index >= 15 is 0 Å². The Morgan fingerprint density at radius 2 is 1.69 bits per heavy atom. The number of rotatable bonds is 9. The van der Waals surface area contributed by atoms with Gasteiger partial charge in [0.2, 0.25) is 5.91 Å². The van der Waals surface area contributed by atoms with Crippen molar-refractivity contribution in [1.29, 1.82) is 0 Å². The number of carbonyl (C=O) groups is 3. The first-order chi connectivity index (χ1) is 14.0. The van der Waals surface area contributed by atoms with Crippen molar-refractivity contribution < 1.29 is 19.1 Å². The van der Waals surface area contributed by atoms with Crippen molar-refractivity contribution in [3.05, 3.63) is 48.0 Å². The van der Waals surface area contributed by atoms with Gasteiger partial charge < -0.3 is 20.7 Å². The van der Waals surface area contributed by atoms with Crippen molar-refractivity contribution >= 4 is 28.5 Å². The van der Waals surface area contributed by atoms with Crippen LogP contribution in [0.1, 0.15) is 32.3 Å². The Hall–Kier alpha value is -2.93. The van der Waals surface area contributed by atoms with Crippen LogP contribution in [0.5, 0.6) is 0 Å². The van der Waals surface area contributed by atoms with Gasteiger partial charge in [-0.25, -0.2) is 0 Å². The second kappa shape index (κ2) is 9.52. The summed E-state index contributed by atoms with van der Waals surface area (Å²) in [6.45, 7) is 4.59. The van der Waals surface area contributed by atoms with Gasteiger partial charge in [-0.15, -0.1) is 0 Å². The van der Waals surface area contributed by atoms with Crippen molar-refractivity contribution in [2.24, 2.45) is 0 Å². The van der Waals surface area contributed by atoms with E-state index in [0.717, 1.165) is 22.8 Å². The van der Waals surface area contributed by atoms with Crippen molar-refractivity contribution in [3.63, 3.8) is 0 Å². The fourth-order valence-corrected chi connectivity index (χ4v) is 3.26. The molecule has 1 aliphatic rings. The van der Waals surface area contributed by atoms with Crippen molar-refractivity contribution in [1.82, 2.24) is 16.0 Å². The fraction of sp³-hybridized carbons (Fsp3) is 0.409. The minimum Gasteiger partial charge on any atom is -0.354 e. The Morgan fingerprint density at radius 1 is 0.966 bits per heavy atom. The number of amides is 3. The number of benzene rings is 2. The van der Waals surface area contributed by atoms with E-state index in [-0.39, 0.29) is 11.8 Å². The molecule has 1 heterocycles. The van der Waals surface area contributed by atoms with Gasteiger partial charge in [-0.3, -0.25) is 14.4 Å². The van der Waals surface area contributed by atoms with E-state index in [2.05, 4.69) is 16.0 Å². The predicted molar refractivity (Wildman–Crippen MR) is 110 cm³/mol. The molecule has 7 heteroatoms. The highest BCUT2D eigenvalue weighted by Gasteiger charge is 2.50. The summed E-state index contributed by atoms with van der Waals surface area (Å²) in [5, 5.41) is 10.5. The minimum absolute atomic E-state index is 0.247. The van der Waals surface area contributed by atoms with Gasteiger partial charge in [-0.05, 0) is 35.7 Å². The zero-order chi connectivity index (χ0) is 20.8. The maximum absolute atomic E-state index is 12.6. The van der Waals surface area contributed by atoms with Crippen LogP contribution >= 0.6 is 0 Å². The fourth-order valence-electron chi connectivity index (χ4n) is 3.26. The summed E-state index contributed by atoms with van der Waals surface area (Å²) in [4.78, 5) is 36.7. The lowest BCUT2D eigenvalue weighted by molar-refractivity contribution is -0.129. The van der Waals surface area contributed by atoms with Crippen LogP contribution in [0, 0.1) is 0 Å². The minimum atomic E-state index is -0.825. The first kappa shape index (κ1) is 20.8. The lowest BCUT2D eigenvalue weighted by atomic mass is 10.1. The Bertz CT molecular complexity index is 899. The first-order valence-corrected chi connectivity index (χ1v) is 10.0. The summed E-state index contributed by atoms with van der Waals surface area (Å²) in [6.07, 6.45) is -0.347. The maximum atomic E-state index is 12.6. The molecule has 0 bridgehead atoms. The number of likely N-dealkylation sites (N-methyl/N-ethyl adjacent to an activating group) is 1. The van der Waals surface area contributed by atoms with Crippen molar-refractivity contribution in [3.8, 4) is 0 Å². The van der Waals surface area contributed by atoms with E-state index in [4.69, 9.17) is 4.74 Å². The second-order valence-electron chi connectivity index (χ2n) is 7.12. The standard InChI is InChI=1S/C22H27N3O4/c1-3-7-17(25-22(28)19-18(29-19)21(27)23-4-2)20(26)24-13-14-10-11-15-8-5-6-9-16(15)12-14/h5-6,8-12,17-19H,3-4,7,13H2,1-2H3,(H,23,27)(H,24,26)(H,25,28)/t17-,18+,19+/m0/s1. The topological polar surface area (TPSA) is 99.8 Å². The Labute approximate surface area is 170 Å². The zero-order valence-electron chi connectivity index (χ0n) is 16.7. The molecule has 1 fully saturated rings. The summed E-state index contributed by atoms with van der Waals surface area (Å²) in [5.74, 6) is -0.982. The molecule has 154 valence electrons. The normalized spacial score (nSPS) is 18.7. The van der Waals surface area contributed by atoms with E-state index in [1.54, 1.807) is 6.92 Å². The lowest BCUT2D eigenvalue weighted by Crippen LogP contribution is -2.48. The smallest absolute Gasteiger partial charge is 0.253 e. The monoisotopic (exact) mass is 397 g/mol. The third-order valence-electron chi connectivity index (χ3n) is 4.85. The van der Waals surface area contributed by atoms with Gasteiger partial charge in [0, 0.05) is 13.1 Å². The number of fused-ring (bicyclic) bond motifs is 1. The highest BCUT2D eigenvalue weighted by Crippen LogP contribution is 2.22. The van der Waals surface area contributed by atoms with Crippen LogP contribution in [-0.2, 0) is 25.7 Å². The van der Waals surface area contributed by atoms with Crippen molar-refractivity contribution in [2.45, 2.75) is 51.5 Å². The van der Waals surface area contributed by atoms with E-state index < -0.39 is 24.2 Å². The zero-order valence-corrected chi connectivity index (χ0v) is 16.7. The average molecular weight is 397 g/mol. The molecule has 29 heavy (non-hydrogen) atoms. The summed E-state index contributed by atoms with van der Waals surface area (Å²) < 4.78 is 5.17. The van der Waals surface area contributed by atoms with Crippen LogP contribution in [0.4, 0.5) is 0 Å². The molecule has 2 aromatic rings. The SMILES string of the molecule is CCC[C@H](NC(=O)[C@@H]1O[C@H]1C(=O)NCC)C(=O)NCc1ccc2ccccc2c1. The first-order valence-electron chi connectivity index (χ1n) is 10.0. The summed E-state index contributed by atoms with van der Waals surface area (Å²) in [6, 6.07) is 13.4. The van der Waals surface area contributed by atoms with E-state index in [0.29, 0.717) is 19.5 Å². The van der Waals surface area contributed by atoms with Gasteiger partial charge in [-0.1, -0.05) is 49.7 Å². The van der Waals surface area contributed by atoms with Crippen LogP contribution in [0.2, 0.25) is 0 Å². The molecule has 3 N–H and O–H groups in total. The molecule has 0 spiro atoms. The molecule has 2 aromatic carbocycles. The molecule has 0 unspecified atom stereocenters. The molecular weight excluding hydrogens is 370 g/mol. The molecule has 7 nitrogen and oxygen atoms in total. The van der Waals surface area contributed by atoms with Crippen LogP contribution in [-0.4, -0.2) is 42.5 Å². The van der Waals surface area contributed by atoms with Gasteiger partial charge in [-0.2, -0.15) is 0 Å². The number of epoxide rings is 1. The Balaban J connectivity index is 1.54. The number of ether oxygens (including phenoxy) is 1. The van der Waals surface area contributed by atoms with Crippen LogP contribution < -0.4 is 16.0 Å². The van der Waals surface area contributed by atoms with Crippen LogP contribution in [0.25, 0.3) is 10.8 Å². The highest BCUT2D eigenvalue weighted by atomic mass is 16.6. The molecule has 3 amide bonds. The lowest BCUT2D eigenvalue weighted by Gasteiger charge is -2.17. The van der Waals surface area contributed by atoms with Gasteiger partial charge >= 0.3 is 0 Å². The molecule has 0 radical (unpaired) electrons. The molecular formula is C22H27N3O4. The second-order valence-corrected chi connectivity index (χ2v) is 7.12. The third-order valence-corrected chi connectivity index (χ3v) is 4.85. The quantitative estimate of drug-likeness (QED) is 0.560. The molecule has 0 aromatic heterocycles. The summed E-state index contributed by atoms with van der Waals surface area (Å²) >= 11 is 0. The highest BCUT2D eigenvalue weighted by molar-refractivity contribution is 5.97.